The third-order valence-corrected chi connectivity index (χ3v) is 10.1. The summed E-state index contributed by atoms with van der Waals surface area (Å²) >= 11 is 3.68. The van der Waals surface area contributed by atoms with E-state index in [1.54, 1.807) is 11.3 Å². The molecule has 11 nitrogen and oxygen atoms in total. The predicted octanol–water partition coefficient (Wildman–Crippen LogP) is 7.93. The molecule has 7 heterocycles. The van der Waals surface area contributed by atoms with Crippen LogP contribution in [0.3, 0.4) is 0 Å². The number of thiophene rings is 2. The number of rotatable bonds is 13. The van der Waals surface area contributed by atoms with Crippen molar-refractivity contribution in [2.45, 2.75) is 51.9 Å². The van der Waals surface area contributed by atoms with Crippen LogP contribution in [0, 0.1) is 0 Å². The van der Waals surface area contributed by atoms with Crippen LogP contribution in [-0.4, -0.2) is 56.2 Å². The summed E-state index contributed by atoms with van der Waals surface area (Å²) in [6.45, 7) is 2.26. The Bertz CT molecular complexity index is 1920. The summed E-state index contributed by atoms with van der Waals surface area (Å²) < 4.78 is 0. The lowest BCUT2D eigenvalue weighted by Gasteiger charge is -2.09. The molecule has 0 radical (unpaired) electrons. The Labute approximate surface area is 273 Å². The van der Waals surface area contributed by atoms with E-state index in [1.807, 2.05) is 47.7 Å². The van der Waals surface area contributed by atoms with E-state index >= 15 is 0 Å². The molecule has 0 aliphatic rings. The number of nitrogens with zero attached hydrogens (tertiary/aromatic N) is 9. The Balaban J connectivity index is 1.21. The SMILES string of the molecule is CCCCCCCCc1ccc(-c2ccc(-c3cc(-c4cccc(-c5nnn[nH]5)n4)nc(-c4cccc(-c5nnn[nH]5)n4)c3)s2)s1. The third kappa shape index (κ3) is 6.80. The summed E-state index contributed by atoms with van der Waals surface area (Å²) in [7, 11) is 0. The fourth-order valence-corrected chi connectivity index (χ4v) is 7.37. The lowest BCUT2D eigenvalue weighted by atomic mass is 10.1. The molecule has 0 saturated carbocycles. The summed E-state index contributed by atoms with van der Waals surface area (Å²) in [4.78, 5) is 19.8. The van der Waals surface area contributed by atoms with Gasteiger partial charge in [0.05, 0.1) is 22.8 Å². The van der Waals surface area contributed by atoms with Crippen LogP contribution in [0.5, 0.6) is 0 Å². The van der Waals surface area contributed by atoms with Crippen molar-refractivity contribution in [3.63, 3.8) is 0 Å². The fraction of sp³-hybridized carbons (Fsp3) is 0.242. The molecule has 0 aliphatic carbocycles. The van der Waals surface area contributed by atoms with E-state index in [0.717, 1.165) is 16.9 Å². The van der Waals surface area contributed by atoms with Gasteiger partial charge in [0.25, 0.3) is 0 Å². The van der Waals surface area contributed by atoms with Gasteiger partial charge in [0, 0.05) is 19.5 Å². The van der Waals surface area contributed by atoms with Gasteiger partial charge in [0.2, 0.25) is 0 Å². The first kappa shape index (κ1) is 29.7. The quantitative estimate of drug-likeness (QED) is 0.119. The molecule has 7 aromatic rings. The van der Waals surface area contributed by atoms with Gasteiger partial charge in [0.15, 0.2) is 11.6 Å². The predicted molar refractivity (Wildman–Crippen MR) is 181 cm³/mol. The average Bonchev–Trinajstić information content (AvgIpc) is 3.94. The minimum absolute atomic E-state index is 0.489. The van der Waals surface area contributed by atoms with Crippen molar-refractivity contribution in [1.82, 2.24) is 56.2 Å². The first-order valence-electron chi connectivity index (χ1n) is 15.4. The summed E-state index contributed by atoms with van der Waals surface area (Å²) in [6.07, 6.45) is 9.04. The maximum absolute atomic E-state index is 5.02. The summed E-state index contributed by atoms with van der Waals surface area (Å²) in [5, 5.41) is 28.4. The molecule has 0 unspecified atom stereocenters. The molecule has 0 aliphatic heterocycles. The molecule has 0 spiro atoms. The normalized spacial score (nSPS) is 11.3. The number of aromatic amines is 2. The molecule has 7 aromatic heterocycles. The Kier molecular flexibility index (Phi) is 9.01. The zero-order valence-corrected chi connectivity index (χ0v) is 26.9. The van der Waals surface area contributed by atoms with Gasteiger partial charge in [-0.15, -0.1) is 32.9 Å². The topological polar surface area (TPSA) is 148 Å². The smallest absolute Gasteiger partial charge is 0.198 e. The van der Waals surface area contributed by atoms with Gasteiger partial charge >= 0.3 is 0 Å². The van der Waals surface area contributed by atoms with Crippen molar-refractivity contribution < 1.29 is 0 Å². The van der Waals surface area contributed by atoms with Crippen molar-refractivity contribution >= 4 is 22.7 Å². The van der Waals surface area contributed by atoms with Crippen molar-refractivity contribution in [3.8, 4) is 66.0 Å². The van der Waals surface area contributed by atoms with Crippen LogP contribution in [0.15, 0.2) is 72.8 Å². The zero-order valence-electron chi connectivity index (χ0n) is 25.2. The molecule has 2 N–H and O–H groups in total. The van der Waals surface area contributed by atoms with E-state index in [1.165, 1.54) is 53.2 Å². The van der Waals surface area contributed by atoms with Gasteiger partial charge < -0.3 is 0 Å². The number of aromatic nitrogens is 11. The average molecular weight is 646 g/mol. The first-order chi connectivity index (χ1) is 22.7. The highest BCUT2D eigenvalue weighted by Crippen LogP contribution is 2.40. The lowest BCUT2D eigenvalue weighted by molar-refractivity contribution is 0.609. The number of hydrogen-bond donors (Lipinski definition) is 2. The summed E-state index contributed by atoms with van der Waals surface area (Å²) in [6, 6.07) is 24.5. The molecule has 0 atom stereocenters. The maximum Gasteiger partial charge on any atom is 0.198 e. The molecule has 13 heteroatoms. The minimum atomic E-state index is 0.489. The van der Waals surface area contributed by atoms with Gasteiger partial charge in [0.1, 0.15) is 11.4 Å². The van der Waals surface area contributed by atoms with Crippen LogP contribution in [0.1, 0.15) is 50.3 Å². The van der Waals surface area contributed by atoms with Crippen molar-refractivity contribution in [3.05, 3.63) is 77.7 Å². The van der Waals surface area contributed by atoms with E-state index < -0.39 is 0 Å². The molecule has 230 valence electrons. The molecule has 0 amide bonds. The molecule has 46 heavy (non-hydrogen) atoms. The number of hydrogen-bond acceptors (Lipinski definition) is 11. The van der Waals surface area contributed by atoms with Crippen LogP contribution >= 0.6 is 22.7 Å². The second-order valence-corrected chi connectivity index (χ2v) is 13.1. The van der Waals surface area contributed by atoms with Gasteiger partial charge in [-0.1, -0.05) is 51.2 Å². The summed E-state index contributed by atoms with van der Waals surface area (Å²) in [5.74, 6) is 0.978. The Morgan fingerprint density at radius 2 is 1.09 bits per heavy atom. The molecule has 7 rings (SSSR count). The van der Waals surface area contributed by atoms with Gasteiger partial charge in [-0.2, -0.15) is 0 Å². The number of aryl methyl sites for hydroxylation is 1. The highest BCUT2D eigenvalue weighted by atomic mass is 32.1. The third-order valence-electron chi connectivity index (χ3n) is 7.60. The first-order valence-corrected chi connectivity index (χ1v) is 17.0. The minimum Gasteiger partial charge on any atom is -0.244 e. The standard InChI is InChI=1S/C33H31N11S2/c1-2-3-4-5-6-7-10-22-15-16-30(45-22)31-18-17-29(46-31)21-19-27(23-11-8-13-25(34-23)32-37-41-42-38-32)36-28(20-21)24-12-9-14-26(35-24)33-39-43-44-40-33/h8-9,11-20H,2-7,10H2,1H3,(H,37,38,41,42)(H,39,40,43,44). The second kappa shape index (κ2) is 14.0. The Morgan fingerprint density at radius 3 is 1.72 bits per heavy atom. The second-order valence-electron chi connectivity index (χ2n) is 10.9. The maximum atomic E-state index is 5.02. The summed E-state index contributed by atoms with van der Waals surface area (Å²) in [5.41, 5.74) is 5.10. The number of tetrazole rings is 2. The van der Waals surface area contributed by atoms with E-state index in [4.69, 9.17) is 15.0 Å². The lowest BCUT2D eigenvalue weighted by Crippen LogP contribution is -1.96. The number of nitrogens with one attached hydrogen (secondary N) is 2. The number of H-pyrrole nitrogens is 2. The molecular formula is C33H31N11S2. The van der Waals surface area contributed by atoms with Crippen LogP contribution < -0.4 is 0 Å². The molecule has 0 aromatic carbocycles. The highest BCUT2D eigenvalue weighted by Gasteiger charge is 2.16. The van der Waals surface area contributed by atoms with Crippen LogP contribution in [0.25, 0.3) is 66.0 Å². The van der Waals surface area contributed by atoms with Crippen molar-refractivity contribution in [2.24, 2.45) is 0 Å². The molecular weight excluding hydrogens is 615 g/mol. The van der Waals surface area contributed by atoms with Crippen LogP contribution in [0.4, 0.5) is 0 Å². The van der Waals surface area contributed by atoms with E-state index in [0.29, 0.717) is 45.8 Å². The Morgan fingerprint density at radius 1 is 0.543 bits per heavy atom. The zero-order chi connectivity index (χ0) is 31.1. The number of pyridine rings is 3. The van der Waals surface area contributed by atoms with Gasteiger partial charge in [-0.25, -0.2) is 25.1 Å². The van der Waals surface area contributed by atoms with Gasteiger partial charge in [-0.05, 0) is 99.9 Å². The van der Waals surface area contributed by atoms with Crippen molar-refractivity contribution in [1.29, 1.82) is 0 Å². The van der Waals surface area contributed by atoms with E-state index in [2.05, 4.69) is 84.6 Å². The molecule has 0 bridgehead atoms. The monoisotopic (exact) mass is 645 g/mol. The number of unbranched alkanes of at least 4 members (excludes halogenated alkanes) is 5. The largest absolute Gasteiger partial charge is 0.244 e. The van der Waals surface area contributed by atoms with Crippen LogP contribution in [0.2, 0.25) is 0 Å². The molecule has 0 saturated heterocycles. The van der Waals surface area contributed by atoms with Gasteiger partial charge in [-0.3, -0.25) is 0 Å². The fourth-order valence-electron chi connectivity index (χ4n) is 5.24. The van der Waals surface area contributed by atoms with Crippen LogP contribution in [-0.2, 0) is 6.42 Å². The van der Waals surface area contributed by atoms with Crippen molar-refractivity contribution in [2.75, 3.05) is 0 Å². The Hall–Kier alpha value is -5.01. The molecule has 0 fully saturated rings. The van der Waals surface area contributed by atoms with E-state index in [-0.39, 0.29) is 0 Å². The van der Waals surface area contributed by atoms with E-state index in [9.17, 15) is 0 Å². The highest BCUT2D eigenvalue weighted by molar-refractivity contribution is 7.23.